The van der Waals surface area contributed by atoms with Crippen LogP contribution in [0.2, 0.25) is 5.02 Å². The highest BCUT2D eigenvalue weighted by Gasteiger charge is 2.18. The van der Waals surface area contributed by atoms with Crippen LogP contribution in [0.4, 0.5) is 4.39 Å². The van der Waals surface area contributed by atoms with Crippen molar-refractivity contribution in [3.05, 3.63) is 45.0 Å². The molecule has 100 valence electrons. The summed E-state index contributed by atoms with van der Waals surface area (Å²) in [7, 11) is 1.64. The molecule has 6 heteroatoms. The third-order valence-electron chi connectivity index (χ3n) is 2.74. The molecule has 2 aromatic rings. The Morgan fingerprint density at radius 1 is 1.47 bits per heavy atom. The van der Waals surface area contributed by atoms with Crippen LogP contribution in [0, 0.1) is 5.82 Å². The summed E-state index contributed by atoms with van der Waals surface area (Å²) in [6.07, 6.45) is 1.36. The van der Waals surface area contributed by atoms with Crippen molar-refractivity contribution in [1.82, 2.24) is 4.57 Å². The quantitative estimate of drug-likeness (QED) is 0.796. The van der Waals surface area contributed by atoms with Crippen LogP contribution >= 0.6 is 11.6 Å². The van der Waals surface area contributed by atoms with Gasteiger partial charge in [0.25, 0.3) is 0 Å². The Hall–Kier alpha value is -1.88. The minimum absolute atomic E-state index is 0.0188. The second kappa shape index (κ2) is 5.01. The second-order valence-electron chi connectivity index (χ2n) is 3.96. The van der Waals surface area contributed by atoms with Gasteiger partial charge < -0.3 is 9.30 Å². The minimum atomic E-state index is -0.745. The SMILES string of the molecule is CCOC(=O)c1cn(C)c2ccc(F)c(Cl)c2c1=O. The highest BCUT2D eigenvalue weighted by Crippen LogP contribution is 2.23. The lowest BCUT2D eigenvalue weighted by atomic mass is 10.1. The zero-order chi connectivity index (χ0) is 14.2. The average Bonchev–Trinajstić information content (AvgIpc) is 2.37. The second-order valence-corrected chi connectivity index (χ2v) is 4.34. The average molecular weight is 284 g/mol. The largest absolute Gasteiger partial charge is 0.462 e. The summed E-state index contributed by atoms with van der Waals surface area (Å²) in [5.74, 6) is -1.45. The van der Waals surface area contributed by atoms with Gasteiger partial charge in [0.2, 0.25) is 5.43 Å². The Morgan fingerprint density at radius 2 is 2.16 bits per heavy atom. The molecular weight excluding hydrogens is 273 g/mol. The number of carbonyl (C=O) groups excluding carboxylic acids is 1. The summed E-state index contributed by atoms with van der Waals surface area (Å²) in [5.41, 5.74) is -0.343. The predicted octanol–water partition coefficient (Wildman–Crippen LogP) is 2.51. The summed E-state index contributed by atoms with van der Waals surface area (Å²) in [4.78, 5) is 23.9. The molecule has 4 nitrogen and oxygen atoms in total. The molecule has 0 aliphatic rings. The summed E-state index contributed by atoms with van der Waals surface area (Å²) in [6, 6.07) is 2.61. The molecule has 0 fully saturated rings. The van der Waals surface area contributed by atoms with Crippen molar-refractivity contribution < 1.29 is 13.9 Å². The van der Waals surface area contributed by atoms with Crippen molar-refractivity contribution in [2.75, 3.05) is 6.61 Å². The number of carbonyl (C=O) groups is 1. The van der Waals surface area contributed by atoms with Crippen LogP contribution in [0.25, 0.3) is 10.9 Å². The van der Waals surface area contributed by atoms with E-state index < -0.39 is 17.2 Å². The molecule has 0 saturated carbocycles. The minimum Gasteiger partial charge on any atom is -0.462 e. The first kappa shape index (κ1) is 13.5. The maximum Gasteiger partial charge on any atom is 0.343 e. The molecule has 0 N–H and O–H groups in total. The fourth-order valence-corrected chi connectivity index (χ4v) is 2.11. The Labute approximate surface area is 113 Å². The number of nitrogens with zero attached hydrogens (tertiary/aromatic N) is 1. The number of pyridine rings is 1. The lowest BCUT2D eigenvalue weighted by molar-refractivity contribution is 0.0524. The molecule has 1 aromatic carbocycles. The van der Waals surface area contributed by atoms with Crippen LogP contribution in [0.3, 0.4) is 0 Å². The molecule has 0 amide bonds. The third-order valence-corrected chi connectivity index (χ3v) is 3.11. The maximum atomic E-state index is 13.4. The molecule has 0 radical (unpaired) electrons. The lowest BCUT2D eigenvalue weighted by Gasteiger charge is -2.09. The van der Waals surface area contributed by atoms with Gasteiger partial charge in [0.15, 0.2) is 0 Å². The fourth-order valence-electron chi connectivity index (χ4n) is 1.86. The molecule has 0 unspecified atom stereocenters. The van der Waals surface area contributed by atoms with Crippen LogP contribution in [-0.4, -0.2) is 17.1 Å². The van der Waals surface area contributed by atoms with Crippen molar-refractivity contribution in [2.24, 2.45) is 7.05 Å². The maximum absolute atomic E-state index is 13.4. The summed E-state index contributed by atoms with van der Waals surface area (Å²) in [5, 5.41) is -0.307. The molecule has 19 heavy (non-hydrogen) atoms. The number of hydrogen-bond donors (Lipinski definition) is 0. The molecule has 0 aliphatic carbocycles. The van der Waals surface area contributed by atoms with E-state index in [0.717, 1.165) is 0 Å². The number of halogens is 2. The standard InChI is InChI=1S/C13H11ClFNO3/c1-3-19-13(18)7-6-16(2)9-5-4-8(15)11(14)10(9)12(7)17/h4-6H,3H2,1-2H3. The van der Waals surface area contributed by atoms with Crippen molar-refractivity contribution in [1.29, 1.82) is 0 Å². The smallest absolute Gasteiger partial charge is 0.343 e. The van der Waals surface area contributed by atoms with E-state index in [1.165, 1.54) is 22.9 Å². The van der Waals surface area contributed by atoms with E-state index in [4.69, 9.17) is 16.3 Å². The Balaban J connectivity index is 2.84. The van der Waals surface area contributed by atoms with Gasteiger partial charge in [-0.1, -0.05) is 11.6 Å². The molecule has 1 heterocycles. The number of esters is 1. The molecule has 0 aliphatic heterocycles. The van der Waals surface area contributed by atoms with Crippen molar-refractivity contribution in [3.8, 4) is 0 Å². The number of benzene rings is 1. The van der Waals surface area contributed by atoms with Crippen LogP contribution in [0.1, 0.15) is 17.3 Å². The number of rotatable bonds is 2. The highest BCUT2D eigenvalue weighted by molar-refractivity contribution is 6.35. The topological polar surface area (TPSA) is 48.3 Å². The monoisotopic (exact) mass is 283 g/mol. The van der Waals surface area contributed by atoms with E-state index in [1.807, 2.05) is 0 Å². The van der Waals surface area contributed by atoms with E-state index in [-0.39, 0.29) is 22.6 Å². The molecular formula is C13H11ClFNO3. The fraction of sp³-hybridized carbons (Fsp3) is 0.231. The van der Waals surface area contributed by atoms with Gasteiger partial charge in [0, 0.05) is 13.2 Å². The first-order chi connectivity index (χ1) is 8.97. The number of ether oxygens (including phenoxy) is 1. The van der Waals surface area contributed by atoms with Crippen LogP contribution < -0.4 is 5.43 Å². The van der Waals surface area contributed by atoms with Crippen LogP contribution in [0.5, 0.6) is 0 Å². The Morgan fingerprint density at radius 3 is 2.79 bits per heavy atom. The normalized spacial score (nSPS) is 10.7. The van der Waals surface area contributed by atoms with Crippen molar-refractivity contribution in [2.45, 2.75) is 6.92 Å². The summed E-state index contributed by atoms with van der Waals surface area (Å²) >= 11 is 5.82. The molecule has 0 saturated heterocycles. The van der Waals surface area contributed by atoms with Crippen LogP contribution in [0.15, 0.2) is 23.1 Å². The van der Waals surface area contributed by atoms with Gasteiger partial charge in [-0.3, -0.25) is 4.79 Å². The van der Waals surface area contributed by atoms with Gasteiger partial charge in [-0.05, 0) is 19.1 Å². The summed E-state index contributed by atoms with van der Waals surface area (Å²) in [6.45, 7) is 1.78. The first-order valence-electron chi connectivity index (χ1n) is 5.61. The zero-order valence-electron chi connectivity index (χ0n) is 10.4. The molecule has 0 atom stereocenters. The number of fused-ring (bicyclic) bond motifs is 1. The van der Waals surface area contributed by atoms with Gasteiger partial charge in [0.05, 0.1) is 22.5 Å². The van der Waals surface area contributed by atoms with E-state index in [9.17, 15) is 14.0 Å². The molecule has 0 bridgehead atoms. The van der Waals surface area contributed by atoms with Gasteiger partial charge >= 0.3 is 5.97 Å². The number of aromatic nitrogens is 1. The van der Waals surface area contributed by atoms with Crippen LogP contribution in [-0.2, 0) is 11.8 Å². The van der Waals surface area contributed by atoms with Gasteiger partial charge in [-0.25, -0.2) is 9.18 Å². The molecule has 1 aromatic heterocycles. The van der Waals surface area contributed by atoms with E-state index >= 15 is 0 Å². The zero-order valence-corrected chi connectivity index (χ0v) is 11.1. The lowest BCUT2D eigenvalue weighted by Crippen LogP contribution is -2.20. The molecule has 2 rings (SSSR count). The Kier molecular flexibility index (Phi) is 3.57. The van der Waals surface area contributed by atoms with E-state index in [1.54, 1.807) is 14.0 Å². The number of hydrogen-bond acceptors (Lipinski definition) is 3. The van der Waals surface area contributed by atoms with Crippen molar-refractivity contribution in [3.63, 3.8) is 0 Å². The highest BCUT2D eigenvalue weighted by atomic mass is 35.5. The predicted molar refractivity (Wildman–Crippen MR) is 70.1 cm³/mol. The summed E-state index contributed by atoms with van der Waals surface area (Å²) < 4.78 is 19.8. The van der Waals surface area contributed by atoms with Crippen molar-refractivity contribution >= 4 is 28.5 Å². The third kappa shape index (κ3) is 2.21. The van der Waals surface area contributed by atoms with E-state index in [2.05, 4.69) is 0 Å². The van der Waals surface area contributed by atoms with Gasteiger partial charge in [0.1, 0.15) is 11.4 Å². The van der Waals surface area contributed by atoms with E-state index in [0.29, 0.717) is 5.52 Å². The molecule has 0 spiro atoms. The Bertz CT molecular complexity index is 724. The first-order valence-corrected chi connectivity index (χ1v) is 5.99. The van der Waals surface area contributed by atoms with Gasteiger partial charge in [-0.2, -0.15) is 0 Å². The van der Waals surface area contributed by atoms with Gasteiger partial charge in [-0.15, -0.1) is 0 Å². The number of aryl methyl sites for hydroxylation is 1.